The van der Waals surface area contributed by atoms with Gasteiger partial charge in [0.05, 0.1) is 10.5 Å². The number of rotatable bonds is 10. The molecule has 3 aromatic carbocycles. The molecule has 0 aromatic heterocycles. The largest absolute Gasteiger partial charge is 0.514 e. The van der Waals surface area contributed by atoms with Gasteiger partial charge >= 0.3 is 12.1 Å². The summed E-state index contributed by atoms with van der Waals surface area (Å²) in [6, 6.07) is 19.4. The van der Waals surface area contributed by atoms with Crippen LogP contribution in [-0.4, -0.2) is 43.6 Å². The fraction of sp³-hybridized carbons (Fsp3) is 0.120. The SMILES string of the molecule is CS(=O)(=O)c1ccc(/C(COC(=O)Oc2cccc(CO[N+](=O)[O-])c2)=C(/C(=O)O)c2ccccc2)cc1. The number of hydrogen-bond donors (Lipinski definition) is 1. The standard InChI is InChI=1S/C25H21NO10S/c1-37(32,33)21-12-10-18(11-13-21)22(23(24(27)28)19-7-3-2-4-8-19)16-34-25(29)36-20-9-5-6-17(14-20)15-35-26(30)31/h2-14H,15-16H2,1H3,(H,27,28)/b23-22+. The molecule has 0 aliphatic carbocycles. The molecule has 0 fully saturated rings. The minimum Gasteiger partial charge on any atom is -0.478 e. The maximum absolute atomic E-state index is 12.4. The summed E-state index contributed by atoms with van der Waals surface area (Å²) in [5, 5.41) is 19.4. The van der Waals surface area contributed by atoms with Crippen LogP contribution in [0.25, 0.3) is 11.1 Å². The van der Waals surface area contributed by atoms with Crippen LogP contribution in [0.5, 0.6) is 5.75 Å². The number of sulfone groups is 1. The Kier molecular flexibility index (Phi) is 8.59. The summed E-state index contributed by atoms with van der Waals surface area (Å²) in [5.74, 6) is -1.26. The first-order valence-electron chi connectivity index (χ1n) is 10.6. The second-order valence-electron chi connectivity index (χ2n) is 7.61. The molecule has 0 aliphatic rings. The van der Waals surface area contributed by atoms with E-state index in [2.05, 4.69) is 4.84 Å². The fourth-order valence-electron chi connectivity index (χ4n) is 3.32. The monoisotopic (exact) mass is 527 g/mol. The minimum absolute atomic E-state index is 0.0269. The molecule has 0 aliphatic heterocycles. The summed E-state index contributed by atoms with van der Waals surface area (Å²) in [6.45, 7) is -0.869. The Morgan fingerprint density at radius 2 is 1.62 bits per heavy atom. The van der Waals surface area contributed by atoms with Gasteiger partial charge in [-0.3, -0.25) is 0 Å². The smallest absolute Gasteiger partial charge is 0.478 e. The Morgan fingerprint density at radius 3 is 2.22 bits per heavy atom. The highest BCUT2D eigenvalue weighted by atomic mass is 32.2. The third kappa shape index (κ3) is 7.64. The molecule has 0 atom stereocenters. The molecule has 3 rings (SSSR count). The topological polar surface area (TPSA) is 159 Å². The van der Waals surface area contributed by atoms with Gasteiger partial charge in [-0.1, -0.05) is 54.6 Å². The van der Waals surface area contributed by atoms with Crippen molar-refractivity contribution in [1.29, 1.82) is 0 Å². The number of nitrogens with zero attached hydrogens (tertiary/aromatic N) is 1. The molecule has 37 heavy (non-hydrogen) atoms. The summed E-state index contributed by atoms with van der Waals surface area (Å²) in [7, 11) is -3.49. The van der Waals surface area contributed by atoms with E-state index in [1.54, 1.807) is 30.3 Å². The lowest BCUT2D eigenvalue weighted by Crippen LogP contribution is -2.15. The lowest BCUT2D eigenvalue weighted by Gasteiger charge is -2.15. The number of carbonyl (C=O) groups is 2. The molecule has 0 saturated heterocycles. The highest BCUT2D eigenvalue weighted by Crippen LogP contribution is 2.28. The molecule has 11 nitrogen and oxygen atoms in total. The van der Waals surface area contributed by atoms with Crippen LogP contribution in [0.2, 0.25) is 0 Å². The van der Waals surface area contributed by atoms with Crippen molar-refractivity contribution >= 4 is 33.1 Å². The Hall–Kier alpha value is -4.71. The maximum atomic E-state index is 12.4. The van der Waals surface area contributed by atoms with E-state index in [1.807, 2.05) is 0 Å². The maximum Gasteiger partial charge on any atom is 0.514 e. The van der Waals surface area contributed by atoms with E-state index in [9.17, 15) is 33.2 Å². The van der Waals surface area contributed by atoms with Crippen molar-refractivity contribution in [1.82, 2.24) is 0 Å². The summed E-state index contributed by atoms with van der Waals surface area (Å²) in [4.78, 5) is 39.3. The molecule has 0 spiro atoms. The van der Waals surface area contributed by atoms with Crippen LogP contribution in [0.4, 0.5) is 4.79 Å². The number of carboxylic acid groups (broad SMARTS) is 1. The summed E-state index contributed by atoms with van der Waals surface area (Å²) in [5.41, 5.74) is 0.974. The summed E-state index contributed by atoms with van der Waals surface area (Å²) < 4.78 is 34.0. The van der Waals surface area contributed by atoms with Crippen LogP contribution in [0.3, 0.4) is 0 Å². The van der Waals surface area contributed by atoms with E-state index in [0.29, 0.717) is 16.7 Å². The Balaban J connectivity index is 1.89. The zero-order chi connectivity index (χ0) is 27.0. The number of aliphatic carboxylic acids is 1. The van der Waals surface area contributed by atoms with E-state index in [4.69, 9.17) is 9.47 Å². The van der Waals surface area contributed by atoms with E-state index >= 15 is 0 Å². The number of carboxylic acids is 1. The number of hydrogen-bond acceptors (Lipinski definition) is 9. The van der Waals surface area contributed by atoms with Crippen LogP contribution < -0.4 is 4.74 Å². The van der Waals surface area contributed by atoms with Crippen molar-refractivity contribution in [2.75, 3.05) is 12.9 Å². The van der Waals surface area contributed by atoms with E-state index in [0.717, 1.165) is 6.26 Å². The zero-order valence-electron chi connectivity index (χ0n) is 19.4. The average molecular weight is 528 g/mol. The first-order chi connectivity index (χ1) is 17.5. The van der Waals surface area contributed by atoms with Crippen molar-refractivity contribution in [3.63, 3.8) is 0 Å². The van der Waals surface area contributed by atoms with Crippen LogP contribution in [0.1, 0.15) is 16.7 Å². The van der Waals surface area contributed by atoms with Gasteiger partial charge in [0.2, 0.25) is 0 Å². The van der Waals surface area contributed by atoms with Gasteiger partial charge in [-0.2, -0.15) is 0 Å². The van der Waals surface area contributed by atoms with Crippen LogP contribution >= 0.6 is 0 Å². The second kappa shape index (κ2) is 11.8. The molecule has 1 N–H and O–H groups in total. The second-order valence-corrected chi connectivity index (χ2v) is 9.62. The quantitative estimate of drug-likeness (QED) is 0.102. The molecule has 0 saturated carbocycles. The Bertz CT molecular complexity index is 1430. The van der Waals surface area contributed by atoms with E-state index < -0.39 is 33.7 Å². The van der Waals surface area contributed by atoms with Crippen molar-refractivity contribution in [3.8, 4) is 5.75 Å². The average Bonchev–Trinajstić information content (AvgIpc) is 2.85. The highest BCUT2D eigenvalue weighted by Gasteiger charge is 2.21. The first kappa shape index (κ1) is 26.9. The third-order valence-corrected chi connectivity index (χ3v) is 6.11. The molecule has 0 unspecified atom stereocenters. The van der Waals surface area contributed by atoms with Gasteiger partial charge in [0.15, 0.2) is 9.84 Å². The van der Waals surface area contributed by atoms with Crippen molar-refractivity contribution < 1.29 is 42.5 Å². The van der Waals surface area contributed by atoms with Gasteiger partial charge in [0, 0.05) is 11.8 Å². The Morgan fingerprint density at radius 1 is 0.946 bits per heavy atom. The van der Waals surface area contributed by atoms with Gasteiger partial charge in [-0.25, -0.2) is 18.0 Å². The van der Waals surface area contributed by atoms with Gasteiger partial charge < -0.3 is 19.4 Å². The van der Waals surface area contributed by atoms with E-state index in [1.165, 1.54) is 48.5 Å². The molecule has 0 amide bonds. The molecular formula is C25H21NO10S. The summed E-state index contributed by atoms with van der Waals surface area (Å²) in [6.07, 6.45) is -0.112. The zero-order valence-corrected chi connectivity index (χ0v) is 20.2. The molecule has 0 bridgehead atoms. The Labute approximate surface area is 211 Å². The van der Waals surface area contributed by atoms with Gasteiger partial charge in [0.1, 0.15) is 19.0 Å². The van der Waals surface area contributed by atoms with Crippen LogP contribution in [0.15, 0.2) is 83.8 Å². The van der Waals surface area contributed by atoms with E-state index in [-0.39, 0.29) is 28.4 Å². The fourth-order valence-corrected chi connectivity index (χ4v) is 3.95. The van der Waals surface area contributed by atoms with Crippen molar-refractivity contribution in [2.24, 2.45) is 0 Å². The number of ether oxygens (including phenoxy) is 2. The van der Waals surface area contributed by atoms with Crippen LogP contribution in [0, 0.1) is 10.1 Å². The molecular weight excluding hydrogens is 506 g/mol. The first-order valence-corrected chi connectivity index (χ1v) is 12.5. The number of carbonyl (C=O) groups excluding carboxylic acids is 1. The molecule has 192 valence electrons. The number of benzene rings is 3. The normalized spacial score (nSPS) is 11.7. The lowest BCUT2D eigenvalue weighted by molar-refractivity contribution is -0.763. The van der Waals surface area contributed by atoms with Crippen LogP contribution in [-0.2, 0) is 30.8 Å². The van der Waals surface area contributed by atoms with Crippen molar-refractivity contribution in [2.45, 2.75) is 11.5 Å². The minimum atomic E-state index is -3.49. The van der Waals surface area contributed by atoms with Crippen molar-refractivity contribution in [3.05, 3.63) is 106 Å². The third-order valence-electron chi connectivity index (χ3n) is 4.98. The molecule has 0 heterocycles. The molecule has 12 heteroatoms. The molecule has 0 radical (unpaired) electrons. The summed E-state index contributed by atoms with van der Waals surface area (Å²) >= 11 is 0. The van der Waals surface area contributed by atoms with Gasteiger partial charge in [-0.15, -0.1) is 10.1 Å². The predicted octanol–water partition coefficient (Wildman–Crippen LogP) is 4.01. The van der Waals surface area contributed by atoms with Gasteiger partial charge in [0.25, 0.3) is 5.09 Å². The predicted molar refractivity (Wildman–Crippen MR) is 131 cm³/mol. The van der Waals surface area contributed by atoms with Gasteiger partial charge in [-0.05, 0) is 41.0 Å². The lowest BCUT2D eigenvalue weighted by atomic mass is 9.95. The molecule has 3 aromatic rings. The highest BCUT2D eigenvalue weighted by molar-refractivity contribution is 7.90.